The fraction of sp³-hybridized carbons (Fsp3) is 0.500. The quantitative estimate of drug-likeness (QED) is 0.674. The normalized spacial score (nSPS) is 16.6. The van der Waals surface area contributed by atoms with Crippen LogP contribution in [0.5, 0.6) is 0 Å². The Balaban J connectivity index is 1.98. The molecule has 1 aliphatic rings. The molecule has 22 heavy (non-hydrogen) atoms. The van der Waals surface area contributed by atoms with Crippen molar-refractivity contribution in [2.75, 3.05) is 26.2 Å². The lowest BCUT2D eigenvalue weighted by atomic mass is 10.0. The summed E-state index contributed by atoms with van der Waals surface area (Å²) >= 11 is 0. The second-order valence-electron chi connectivity index (χ2n) is 5.25. The first-order chi connectivity index (χ1) is 10.4. The van der Waals surface area contributed by atoms with E-state index in [1.54, 1.807) is 17.0 Å². The predicted molar refractivity (Wildman–Crippen MR) is 83.8 cm³/mol. The number of benzene rings is 1. The van der Waals surface area contributed by atoms with E-state index in [4.69, 9.17) is 5.14 Å². The van der Waals surface area contributed by atoms with Crippen molar-refractivity contribution < 1.29 is 13.2 Å². The zero-order valence-electron chi connectivity index (χ0n) is 12.6. The minimum atomic E-state index is -3.70. The number of sulfonamides is 1. The van der Waals surface area contributed by atoms with Crippen LogP contribution in [0.15, 0.2) is 29.2 Å². The van der Waals surface area contributed by atoms with Crippen molar-refractivity contribution in [2.24, 2.45) is 5.14 Å². The Morgan fingerprint density at radius 3 is 2.82 bits per heavy atom. The number of hydrogen-bond acceptors (Lipinski definition) is 4. The third kappa shape index (κ3) is 4.19. The standard InChI is InChI=1S/C14H22N4O3S/c1-2-13(16-6-8-18-9-7-17-14(18)19)11-4-3-5-12(10-11)22(15,20)21/h3-5,10,13,16H,2,6-9H2,1H3,(H,17,19)(H2,15,20,21). The van der Waals surface area contributed by atoms with Crippen LogP contribution in [0.25, 0.3) is 0 Å². The van der Waals surface area contributed by atoms with Crippen molar-refractivity contribution in [3.05, 3.63) is 29.8 Å². The van der Waals surface area contributed by atoms with Crippen LogP contribution < -0.4 is 15.8 Å². The van der Waals surface area contributed by atoms with Gasteiger partial charge in [-0.25, -0.2) is 18.4 Å². The second-order valence-corrected chi connectivity index (χ2v) is 6.81. The number of hydrogen-bond donors (Lipinski definition) is 3. The molecule has 0 aromatic heterocycles. The maximum atomic E-state index is 11.5. The lowest BCUT2D eigenvalue weighted by Crippen LogP contribution is -2.35. The summed E-state index contributed by atoms with van der Waals surface area (Å²) in [6, 6.07) is 6.63. The highest BCUT2D eigenvalue weighted by Gasteiger charge is 2.19. The number of primary sulfonamides is 1. The van der Waals surface area contributed by atoms with Gasteiger partial charge in [-0.1, -0.05) is 19.1 Å². The summed E-state index contributed by atoms with van der Waals surface area (Å²) in [5.41, 5.74) is 0.875. The second kappa shape index (κ2) is 7.08. The van der Waals surface area contributed by atoms with Crippen LogP contribution >= 0.6 is 0 Å². The highest BCUT2D eigenvalue weighted by molar-refractivity contribution is 7.89. The van der Waals surface area contributed by atoms with Crippen LogP contribution in [0.2, 0.25) is 0 Å². The Bertz CT molecular complexity index is 633. The lowest BCUT2D eigenvalue weighted by molar-refractivity contribution is 0.217. The molecule has 1 heterocycles. The summed E-state index contributed by atoms with van der Waals surface area (Å²) in [7, 11) is -3.70. The smallest absolute Gasteiger partial charge is 0.317 e. The number of amides is 2. The van der Waals surface area contributed by atoms with Gasteiger partial charge in [-0.15, -0.1) is 0 Å². The van der Waals surface area contributed by atoms with Crippen molar-refractivity contribution in [1.82, 2.24) is 15.5 Å². The fourth-order valence-corrected chi connectivity index (χ4v) is 3.07. The first kappa shape index (κ1) is 16.7. The molecule has 4 N–H and O–H groups in total. The van der Waals surface area contributed by atoms with Crippen LogP contribution in [0.4, 0.5) is 4.79 Å². The molecule has 1 aromatic carbocycles. The van der Waals surface area contributed by atoms with Gasteiger partial charge in [0.05, 0.1) is 4.90 Å². The average molecular weight is 326 g/mol. The van der Waals surface area contributed by atoms with Crippen LogP contribution in [0.3, 0.4) is 0 Å². The van der Waals surface area contributed by atoms with E-state index in [9.17, 15) is 13.2 Å². The monoisotopic (exact) mass is 326 g/mol. The van der Waals surface area contributed by atoms with Gasteiger partial charge < -0.3 is 15.5 Å². The largest absolute Gasteiger partial charge is 0.336 e. The molecule has 1 aliphatic heterocycles. The third-order valence-electron chi connectivity index (χ3n) is 3.71. The zero-order chi connectivity index (χ0) is 16.2. The highest BCUT2D eigenvalue weighted by Crippen LogP contribution is 2.19. The minimum absolute atomic E-state index is 0.0207. The van der Waals surface area contributed by atoms with Gasteiger partial charge in [0.1, 0.15) is 0 Å². The van der Waals surface area contributed by atoms with Crippen LogP contribution in [-0.4, -0.2) is 45.5 Å². The summed E-state index contributed by atoms with van der Waals surface area (Å²) < 4.78 is 22.9. The zero-order valence-corrected chi connectivity index (χ0v) is 13.4. The van der Waals surface area contributed by atoms with Gasteiger partial charge in [-0.3, -0.25) is 0 Å². The van der Waals surface area contributed by atoms with Gasteiger partial charge >= 0.3 is 6.03 Å². The molecule has 1 atom stereocenters. The van der Waals surface area contributed by atoms with Crippen molar-refractivity contribution in [1.29, 1.82) is 0 Å². The molecule has 0 aliphatic carbocycles. The summed E-state index contributed by atoms with van der Waals surface area (Å²) in [4.78, 5) is 13.3. The molecule has 2 rings (SSSR count). The van der Waals surface area contributed by atoms with Crippen LogP contribution in [0.1, 0.15) is 24.9 Å². The molecule has 0 spiro atoms. The van der Waals surface area contributed by atoms with E-state index >= 15 is 0 Å². The lowest BCUT2D eigenvalue weighted by Gasteiger charge is -2.20. The Hall–Kier alpha value is -1.64. The van der Waals surface area contributed by atoms with Gasteiger partial charge in [0, 0.05) is 32.2 Å². The molecule has 0 bridgehead atoms. The van der Waals surface area contributed by atoms with Gasteiger partial charge in [0.25, 0.3) is 0 Å². The van der Waals surface area contributed by atoms with Gasteiger partial charge in [-0.2, -0.15) is 0 Å². The SMILES string of the molecule is CCC(NCCN1CCNC1=O)c1cccc(S(N)(=O)=O)c1. The third-order valence-corrected chi connectivity index (χ3v) is 4.63. The topological polar surface area (TPSA) is 105 Å². The Morgan fingerprint density at radius 2 is 2.23 bits per heavy atom. The first-order valence-corrected chi connectivity index (χ1v) is 8.85. The number of nitrogens with zero attached hydrogens (tertiary/aromatic N) is 1. The Labute approximate surface area is 130 Å². The molecular weight excluding hydrogens is 304 g/mol. The number of rotatable bonds is 7. The fourth-order valence-electron chi connectivity index (χ4n) is 2.50. The Morgan fingerprint density at radius 1 is 1.45 bits per heavy atom. The molecule has 8 heteroatoms. The average Bonchev–Trinajstić information content (AvgIpc) is 2.88. The van der Waals surface area contributed by atoms with Crippen molar-refractivity contribution in [2.45, 2.75) is 24.3 Å². The van der Waals surface area contributed by atoms with Gasteiger partial charge in [0.2, 0.25) is 10.0 Å². The predicted octanol–water partition coefficient (Wildman–Crippen LogP) is 0.400. The number of nitrogens with two attached hydrogens (primary N) is 1. The molecular formula is C14H22N4O3S. The summed E-state index contributed by atoms with van der Waals surface area (Å²) in [6.07, 6.45) is 0.806. The Kier molecular flexibility index (Phi) is 5.38. The van der Waals surface area contributed by atoms with E-state index in [0.717, 1.165) is 18.5 Å². The molecule has 1 saturated heterocycles. The van der Waals surface area contributed by atoms with Gasteiger partial charge in [-0.05, 0) is 24.1 Å². The summed E-state index contributed by atoms with van der Waals surface area (Å²) in [6.45, 7) is 4.69. The van der Waals surface area contributed by atoms with Crippen LogP contribution in [0, 0.1) is 0 Å². The van der Waals surface area contributed by atoms with E-state index in [2.05, 4.69) is 10.6 Å². The molecule has 7 nitrogen and oxygen atoms in total. The van der Waals surface area contributed by atoms with Crippen molar-refractivity contribution in [3.63, 3.8) is 0 Å². The van der Waals surface area contributed by atoms with E-state index < -0.39 is 10.0 Å². The number of carbonyl (C=O) groups is 1. The molecule has 2 amide bonds. The molecule has 0 radical (unpaired) electrons. The highest BCUT2D eigenvalue weighted by atomic mass is 32.2. The molecule has 122 valence electrons. The van der Waals surface area contributed by atoms with E-state index in [1.165, 1.54) is 6.07 Å². The molecule has 1 unspecified atom stereocenters. The number of carbonyl (C=O) groups excluding carboxylic acids is 1. The molecule has 1 fully saturated rings. The van der Waals surface area contributed by atoms with Crippen LogP contribution in [-0.2, 0) is 10.0 Å². The number of urea groups is 1. The molecule has 1 aromatic rings. The van der Waals surface area contributed by atoms with E-state index in [-0.39, 0.29) is 17.0 Å². The molecule has 0 saturated carbocycles. The summed E-state index contributed by atoms with van der Waals surface area (Å²) in [5.74, 6) is 0. The van der Waals surface area contributed by atoms with Crippen molar-refractivity contribution >= 4 is 16.1 Å². The number of nitrogens with one attached hydrogen (secondary N) is 2. The first-order valence-electron chi connectivity index (χ1n) is 7.30. The maximum absolute atomic E-state index is 11.5. The van der Waals surface area contributed by atoms with Crippen molar-refractivity contribution in [3.8, 4) is 0 Å². The van der Waals surface area contributed by atoms with E-state index in [1.807, 2.05) is 13.0 Å². The minimum Gasteiger partial charge on any atom is -0.336 e. The van der Waals surface area contributed by atoms with E-state index in [0.29, 0.717) is 19.6 Å². The maximum Gasteiger partial charge on any atom is 0.317 e. The summed E-state index contributed by atoms with van der Waals surface area (Å²) in [5, 5.41) is 11.3. The van der Waals surface area contributed by atoms with Gasteiger partial charge in [0.15, 0.2) is 0 Å².